The maximum Gasteiger partial charge on any atom is 0.252 e. The summed E-state index contributed by atoms with van der Waals surface area (Å²) in [7, 11) is 0. The molecular formula is C21H24FN3O2. The van der Waals surface area contributed by atoms with Crippen molar-refractivity contribution in [3.05, 3.63) is 71.0 Å². The number of hydrogen-bond donors (Lipinski definition) is 2. The SMILES string of the molecule is CC(c1ccc(F)cc1)N1CCCC(NC(=O)c2ccccc2CN)C1=O. The molecule has 2 amide bonds. The first-order chi connectivity index (χ1) is 13.0. The van der Waals surface area contributed by atoms with Crippen LogP contribution in [0, 0.1) is 5.82 Å². The van der Waals surface area contributed by atoms with Crippen molar-refractivity contribution in [2.24, 2.45) is 5.73 Å². The van der Waals surface area contributed by atoms with Gasteiger partial charge in [0.25, 0.3) is 5.91 Å². The third-order valence-corrected chi connectivity index (χ3v) is 5.08. The number of hydrogen-bond acceptors (Lipinski definition) is 3. The van der Waals surface area contributed by atoms with E-state index >= 15 is 0 Å². The van der Waals surface area contributed by atoms with E-state index in [2.05, 4.69) is 5.32 Å². The first kappa shape index (κ1) is 19.0. The van der Waals surface area contributed by atoms with Crippen LogP contribution in [0.5, 0.6) is 0 Å². The van der Waals surface area contributed by atoms with Gasteiger partial charge >= 0.3 is 0 Å². The number of likely N-dealkylation sites (tertiary alicyclic amines) is 1. The summed E-state index contributed by atoms with van der Waals surface area (Å²) in [6.45, 7) is 2.79. The van der Waals surface area contributed by atoms with E-state index < -0.39 is 6.04 Å². The molecule has 0 saturated carbocycles. The van der Waals surface area contributed by atoms with E-state index in [-0.39, 0.29) is 30.2 Å². The molecular weight excluding hydrogens is 345 g/mol. The summed E-state index contributed by atoms with van der Waals surface area (Å²) in [6, 6.07) is 12.5. The van der Waals surface area contributed by atoms with Gasteiger partial charge in [-0.2, -0.15) is 0 Å². The quantitative estimate of drug-likeness (QED) is 0.851. The largest absolute Gasteiger partial charge is 0.340 e. The Balaban J connectivity index is 1.73. The van der Waals surface area contributed by atoms with E-state index in [4.69, 9.17) is 5.73 Å². The minimum Gasteiger partial charge on any atom is -0.340 e. The molecule has 1 heterocycles. The van der Waals surface area contributed by atoms with Crippen LogP contribution < -0.4 is 11.1 Å². The first-order valence-corrected chi connectivity index (χ1v) is 9.16. The molecule has 142 valence electrons. The predicted octanol–water partition coefficient (Wildman–Crippen LogP) is 2.77. The van der Waals surface area contributed by atoms with Crippen LogP contribution in [0.1, 0.15) is 47.3 Å². The summed E-state index contributed by atoms with van der Waals surface area (Å²) in [6.07, 6.45) is 1.39. The smallest absolute Gasteiger partial charge is 0.252 e. The van der Waals surface area contributed by atoms with Crippen molar-refractivity contribution in [2.75, 3.05) is 6.54 Å². The minimum atomic E-state index is -0.569. The summed E-state index contributed by atoms with van der Waals surface area (Å²) in [5, 5.41) is 2.86. The average Bonchev–Trinajstić information content (AvgIpc) is 2.69. The highest BCUT2D eigenvalue weighted by molar-refractivity contribution is 5.98. The maximum atomic E-state index is 13.2. The first-order valence-electron chi connectivity index (χ1n) is 9.16. The maximum absolute atomic E-state index is 13.2. The number of nitrogens with one attached hydrogen (secondary N) is 1. The molecule has 0 bridgehead atoms. The highest BCUT2D eigenvalue weighted by Crippen LogP contribution is 2.25. The van der Waals surface area contributed by atoms with Gasteiger partial charge in [-0.05, 0) is 49.1 Å². The topological polar surface area (TPSA) is 75.4 Å². The van der Waals surface area contributed by atoms with Gasteiger partial charge in [-0.3, -0.25) is 9.59 Å². The van der Waals surface area contributed by atoms with E-state index in [0.29, 0.717) is 18.5 Å². The van der Waals surface area contributed by atoms with Gasteiger partial charge in [-0.15, -0.1) is 0 Å². The van der Waals surface area contributed by atoms with Gasteiger partial charge in [0.1, 0.15) is 11.9 Å². The number of benzene rings is 2. The van der Waals surface area contributed by atoms with Crippen LogP contribution in [0.25, 0.3) is 0 Å². The van der Waals surface area contributed by atoms with Crippen LogP contribution >= 0.6 is 0 Å². The zero-order valence-corrected chi connectivity index (χ0v) is 15.3. The second-order valence-corrected chi connectivity index (χ2v) is 6.79. The monoisotopic (exact) mass is 369 g/mol. The summed E-state index contributed by atoms with van der Waals surface area (Å²) >= 11 is 0. The van der Waals surface area contributed by atoms with Crippen molar-refractivity contribution >= 4 is 11.8 Å². The summed E-state index contributed by atoms with van der Waals surface area (Å²) in [4.78, 5) is 27.3. The highest BCUT2D eigenvalue weighted by atomic mass is 19.1. The lowest BCUT2D eigenvalue weighted by Gasteiger charge is -2.37. The van der Waals surface area contributed by atoms with Gasteiger partial charge in [0.15, 0.2) is 0 Å². The Morgan fingerprint density at radius 3 is 2.67 bits per heavy atom. The molecule has 1 aliphatic heterocycles. The number of piperidine rings is 1. The fourth-order valence-electron chi connectivity index (χ4n) is 3.50. The molecule has 1 aliphatic rings. The molecule has 0 aliphatic carbocycles. The standard InChI is InChI=1S/C21H24FN3O2/c1-14(15-8-10-17(22)11-9-15)25-12-4-7-19(21(25)27)24-20(26)18-6-3-2-5-16(18)13-23/h2-3,5-6,8-11,14,19H,4,7,12-13,23H2,1H3,(H,24,26). The van der Waals surface area contributed by atoms with Crippen LogP contribution in [0.4, 0.5) is 4.39 Å². The Hall–Kier alpha value is -2.73. The molecule has 0 aromatic heterocycles. The number of nitrogens with two attached hydrogens (primary N) is 1. The lowest BCUT2D eigenvalue weighted by atomic mass is 9.98. The molecule has 6 heteroatoms. The fraction of sp³-hybridized carbons (Fsp3) is 0.333. The minimum absolute atomic E-state index is 0.114. The molecule has 3 rings (SSSR count). The van der Waals surface area contributed by atoms with Crippen LogP contribution in [0.3, 0.4) is 0 Å². The van der Waals surface area contributed by atoms with E-state index in [1.165, 1.54) is 12.1 Å². The van der Waals surface area contributed by atoms with Gasteiger partial charge in [0.05, 0.1) is 6.04 Å². The predicted molar refractivity (Wildman–Crippen MR) is 101 cm³/mol. The van der Waals surface area contributed by atoms with E-state index in [9.17, 15) is 14.0 Å². The summed E-state index contributed by atoms with van der Waals surface area (Å²) < 4.78 is 13.2. The molecule has 5 nitrogen and oxygen atoms in total. The lowest BCUT2D eigenvalue weighted by Crippen LogP contribution is -2.52. The molecule has 1 saturated heterocycles. The normalized spacial score (nSPS) is 18.3. The second kappa shape index (κ2) is 8.31. The van der Waals surface area contributed by atoms with Crippen molar-refractivity contribution in [3.63, 3.8) is 0 Å². The second-order valence-electron chi connectivity index (χ2n) is 6.79. The van der Waals surface area contributed by atoms with Gasteiger partial charge in [-0.25, -0.2) is 4.39 Å². The molecule has 27 heavy (non-hydrogen) atoms. The van der Waals surface area contributed by atoms with Crippen molar-refractivity contribution in [3.8, 4) is 0 Å². The van der Waals surface area contributed by atoms with Crippen LogP contribution in [0.2, 0.25) is 0 Å². The van der Waals surface area contributed by atoms with Gasteiger partial charge in [-0.1, -0.05) is 30.3 Å². The van der Waals surface area contributed by atoms with Crippen LogP contribution in [0.15, 0.2) is 48.5 Å². The van der Waals surface area contributed by atoms with Crippen molar-refractivity contribution < 1.29 is 14.0 Å². The van der Waals surface area contributed by atoms with E-state index in [1.807, 2.05) is 13.0 Å². The highest BCUT2D eigenvalue weighted by Gasteiger charge is 2.33. The molecule has 2 aromatic carbocycles. The zero-order chi connectivity index (χ0) is 19.4. The van der Waals surface area contributed by atoms with Gasteiger partial charge in [0.2, 0.25) is 5.91 Å². The van der Waals surface area contributed by atoms with E-state index in [1.54, 1.807) is 35.2 Å². The third-order valence-electron chi connectivity index (χ3n) is 5.08. The molecule has 2 atom stereocenters. The Kier molecular flexibility index (Phi) is 5.86. The number of rotatable bonds is 5. The Morgan fingerprint density at radius 1 is 1.26 bits per heavy atom. The van der Waals surface area contributed by atoms with Crippen LogP contribution in [-0.4, -0.2) is 29.3 Å². The summed E-state index contributed by atoms with van der Waals surface area (Å²) in [5.74, 6) is -0.707. The Morgan fingerprint density at radius 2 is 1.96 bits per heavy atom. The third kappa shape index (κ3) is 4.17. The molecule has 2 unspecified atom stereocenters. The van der Waals surface area contributed by atoms with E-state index in [0.717, 1.165) is 17.5 Å². The van der Waals surface area contributed by atoms with Crippen LogP contribution in [-0.2, 0) is 11.3 Å². The number of nitrogens with zero attached hydrogens (tertiary/aromatic N) is 1. The number of halogens is 1. The molecule has 3 N–H and O–H groups in total. The summed E-state index contributed by atoms with van der Waals surface area (Å²) in [5.41, 5.74) is 7.81. The lowest BCUT2D eigenvalue weighted by molar-refractivity contribution is -0.138. The molecule has 2 aromatic rings. The molecule has 0 radical (unpaired) electrons. The average molecular weight is 369 g/mol. The van der Waals surface area contributed by atoms with Gasteiger partial charge in [0, 0.05) is 18.7 Å². The van der Waals surface area contributed by atoms with Gasteiger partial charge < -0.3 is 16.0 Å². The Labute approximate surface area is 158 Å². The zero-order valence-electron chi connectivity index (χ0n) is 15.3. The Bertz CT molecular complexity index is 822. The fourth-order valence-corrected chi connectivity index (χ4v) is 3.50. The number of carbonyl (C=O) groups excluding carboxylic acids is 2. The number of amides is 2. The molecule has 0 spiro atoms. The molecule has 1 fully saturated rings. The number of carbonyl (C=O) groups is 2. The van der Waals surface area contributed by atoms with Crippen molar-refractivity contribution in [1.29, 1.82) is 0 Å². The van der Waals surface area contributed by atoms with Crippen molar-refractivity contribution in [1.82, 2.24) is 10.2 Å². The van der Waals surface area contributed by atoms with Crippen molar-refractivity contribution in [2.45, 2.75) is 38.4 Å².